The number of imidazole rings is 1. The summed E-state index contributed by atoms with van der Waals surface area (Å²) < 4.78 is 7.87. The Hall–Kier alpha value is -1.78. The average molecular weight is 260 g/mol. The minimum Gasteiger partial charge on any atom is -0.475 e. The summed E-state index contributed by atoms with van der Waals surface area (Å²) in [5.41, 5.74) is 0.791. The number of hydrogen-bond donors (Lipinski definition) is 1. The molecule has 1 aliphatic rings. The van der Waals surface area contributed by atoms with E-state index in [9.17, 15) is 0 Å². The first-order valence-electron chi connectivity index (χ1n) is 7.07. The Labute approximate surface area is 113 Å². The second-order valence-corrected chi connectivity index (χ2v) is 5.08. The van der Waals surface area contributed by atoms with Gasteiger partial charge in [-0.2, -0.15) is 4.98 Å². The van der Waals surface area contributed by atoms with Gasteiger partial charge in [-0.15, -0.1) is 0 Å². The highest BCUT2D eigenvalue weighted by atomic mass is 16.5. The van der Waals surface area contributed by atoms with E-state index in [-0.39, 0.29) is 0 Å². The van der Waals surface area contributed by atoms with Crippen LogP contribution in [0.4, 0.5) is 5.82 Å². The van der Waals surface area contributed by atoms with Crippen molar-refractivity contribution in [3.8, 4) is 5.88 Å². The van der Waals surface area contributed by atoms with E-state index >= 15 is 0 Å². The van der Waals surface area contributed by atoms with Crippen LogP contribution in [0.5, 0.6) is 5.88 Å². The molecule has 0 aliphatic heterocycles. The normalized spacial score (nSPS) is 16.1. The number of aromatic nitrogens is 3. The Bertz CT molecular complexity index is 545. The molecule has 0 aromatic carbocycles. The van der Waals surface area contributed by atoms with Gasteiger partial charge in [-0.05, 0) is 25.7 Å². The van der Waals surface area contributed by atoms with Gasteiger partial charge in [0.05, 0.1) is 12.8 Å². The molecule has 1 N–H and O–H groups in total. The van der Waals surface area contributed by atoms with E-state index in [0.29, 0.717) is 11.8 Å². The molecule has 2 aromatic rings. The Morgan fingerprint density at radius 1 is 1.42 bits per heavy atom. The fraction of sp³-hybridized carbons (Fsp3) is 0.571. The molecule has 3 rings (SSSR count). The topological polar surface area (TPSA) is 51.5 Å². The summed E-state index contributed by atoms with van der Waals surface area (Å²) >= 11 is 0. The van der Waals surface area contributed by atoms with Gasteiger partial charge in [0.2, 0.25) is 5.65 Å². The van der Waals surface area contributed by atoms with Gasteiger partial charge in [0, 0.05) is 18.9 Å². The second-order valence-electron chi connectivity index (χ2n) is 5.08. The minimum atomic E-state index is 0.635. The van der Waals surface area contributed by atoms with E-state index in [0.717, 1.165) is 24.6 Å². The van der Waals surface area contributed by atoms with Crippen LogP contribution in [-0.4, -0.2) is 27.5 Å². The average Bonchev–Trinajstić information content (AvgIpc) is 3.07. The summed E-state index contributed by atoms with van der Waals surface area (Å²) in [6, 6.07) is 0. The number of rotatable bonds is 5. The van der Waals surface area contributed by atoms with Crippen molar-refractivity contribution < 1.29 is 4.74 Å². The third-order valence-corrected chi connectivity index (χ3v) is 3.63. The zero-order chi connectivity index (χ0) is 13.1. The van der Waals surface area contributed by atoms with Gasteiger partial charge in [-0.25, -0.2) is 4.98 Å². The maximum Gasteiger partial charge on any atom is 0.260 e. The molecule has 1 fully saturated rings. The van der Waals surface area contributed by atoms with E-state index in [1.807, 2.05) is 16.8 Å². The zero-order valence-electron chi connectivity index (χ0n) is 11.3. The molecule has 2 heterocycles. The summed E-state index contributed by atoms with van der Waals surface area (Å²) in [4.78, 5) is 8.82. The van der Waals surface area contributed by atoms with E-state index < -0.39 is 0 Å². The standard InChI is InChI=1S/C14H20N4O/c1-2-15-12-9-18-8-7-16-13(18)14(17-12)19-10-11-5-3-4-6-11/h7-9,11,15H,2-6,10H2,1H3. The molecule has 1 saturated carbocycles. The largest absolute Gasteiger partial charge is 0.475 e. The monoisotopic (exact) mass is 260 g/mol. The number of nitrogens with one attached hydrogen (secondary N) is 1. The highest BCUT2D eigenvalue weighted by molar-refractivity contribution is 5.53. The number of nitrogens with zero attached hydrogens (tertiary/aromatic N) is 3. The predicted octanol–water partition coefficient (Wildman–Crippen LogP) is 2.73. The fourth-order valence-corrected chi connectivity index (χ4v) is 2.64. The van der Waals surface area contributed by atoms with Crippen molar-refractivity contribution >= 4 is 11.5 Å². The molecule has 2 aromatic heterocycles. The van der Waals surface area contributed by atoms with Gasteiger partial charge in [0.1, 0.15) is 5.82 Å². The number of ether oxygens (including phenoxy) is 1. The third-order valence-electron chi connectivity index (χ3n) is 3.63. The lowest BCUT2D eigenvalue weighted by Gasteiger charge is -2.12. The first-order valence-corrected chi connectivity index (χ1v) is 7.07. The van der Waals surface area contributed by atoms with Crippen LogP contribution < -0.4 is 10.1 Å². The summed E-state index contributed by atoms with van der Waals surface area (Å²) in [7, 11) is 0. The molecular weight excluding hydrogens is 240 g/mol. The zero-order valence-corrected chi connectivity index (χ0v) is 11.3. The first kappa shape index (κ1) is 12.3. The van der Waals surface area contributed by atoms with Crippen LogP contribution in [0.2, 0.25) is 0 Å². The maximum absolute atomic E-state index is 5.91. The molecule has 0 amide bonds. The van der Waals surface area contributed by atoms with E-state index in [1.165, 1.54) is 25.7 Å². The smallest absolute Gasteiger partial charge is 0.260 e. The van der Waals surface area contributed by atoms with Gasteiger partial charge < -0.3 is 10.1 Å². The van der Waals surface area contributed by atoms with Crippen molar-refractivity contribution in [2.45, 2.75) is 32.6 Å². The van der Waals surface area contributed by atoms with Gasteiger partial charge in [-0.1, -0.05) is 12.8 Å². The molecule has 19 heavy (non-hydrogen) atoms. The van der Waals surface area contributed by atoms with Gasteiger partial charge in [0.25, 0.3) is 5.88 Å². The van der Waals surface area contributed by atoms with Crippen molar-refractivity contribution in [3.05, 3.63) is 18.6 Å². The summed E-state index contributed by atoms with van der Waals surface area (Å²) in [6.07, 6.45) is 10.8. The number of hydrogen-bond acceptors (Lipinski definition) is 4. The van der Waals surface area contributed by atoms with Crippen molar-refractivity contribution in [1.29, 1.82) is 0 Å². The maximum atomic E-state index is 5.91. The van der Waals surface area contributed by atoms with Gasteiger partial charge in [-0.3, -0.25) is 4.40 Å². The van der Waals surface area contributed by atoms with Crippen LogP contribution in [0.15, 0.2) is 18.6 Å². The van der Waals surface area contributed by atoms with Crippen LogP contribution >= 0.6 is 0 Å². The molecule has 0 spiro atoms. The van der Waals surface area contributed by atoms with Crippen LogP contribution in [0, 0.1) is 5.92 Å². The van der Waals surface area contributed by atoms with Gasteiger partial charge >= 0.3 is 0 Å². The van der Waals surface area contributed by atoms with E-state index in [4.69, 9.17) is 4.74 Å². The Morgan fingerprint density at radius 2 is 2.26 bits per heavy atom. The first-order chi connectivity index (χ1) is 9.36. The summed E-state index contributed by atoms with van der Waals surface area (Å²) in [5, 5.41) is 3.22. The molecule has 0 saturated heterocycles. The molecule has 0 unspecified atom stereocenters. The summed E-state index contributed by atoms with van der Waals surface area (Å²) in [6.45, 7) is 3.65. The molecule has 0 bridgehead atoms. The number of fused-ring (bicyclic) bond motifs is 1. The Morgan fingerprint density at radius 3 is 3.05 bits per heavy atom. The summed E-state index contributed by atoms with van der Waals surface area (Å²) in [5.74, 6) is 2.14. The quantitative estimate of drug-likeness (QED) is 0.898. The predicted molar refractivity (Wildman–Crippen MR) is 74.6 cm³/mol. The van der Waals surface area contributed by atoms with E-state index in [2.05, 4.69) is 22.2 Å². The van der Waals surface area contributed by atoms with Gasteiger partial charge in [0.15, 0.2) is 0 Å². The highest BCUT2D eigenvalue weighted by Gasteiger charge is 2.17. The molecule has 102 valence electrons. The van der Waals surface area contributed by atoms with Crippen LogP contribution in [0.1, 0.15) is 32.6 Å². The van der Waals surface area contributed by atoms with Crippen LogP contribution in [-0.2, 0) is 0 Å². The van der Waals surface area contributed by atoms with Crippen molar-refractivity contribution in [3.63, 3.8) is 0 Å². The second kappa shape index (κ2) is 5.47. The number of anilines is 1. The Kier molecular flexibility index (Phi) is 3.53. The molecule has 5 nitrogen and oxygen atoms in total. The fourth-order valence-electron chi connectivity index (χ4n) is 2.64. The van der Waals surface area contributed by atoms with Crippen molar-refractivity contribution in [1.82, 2.24) is 14.4 Å². The minimum absolute atomic E-state index is 0.635. The lowest BCUT2D eigenvalue weighted by molar-refractivity contribution is 0.245. The van der Waals surface area contributed by atoms with E-state index in [1.54, 1.807) is 6.20 Å². The third kappa shape index (κ3) is 2.64. The highest BCUT2D eigenvalue weighted by Crippen LogP contribution is 2.26. The van der Waals surface area contributed by atoms with Crippen molar-refractivity contribution in [2.24, 2.45) is 5.92 Å². The van der Waals surface area contributed by atoms with Crippen LogP contribution in [0.3, 0.4) is 0 Å². The molecule has 5 heteroatoms. The lowest BCUT2D eigenvalue weighted by Crippen LogP contribution is -2.11. The molecule has 0 radical (unpaired) electrons. The lowest BCUT2D eigenvalue weighted by atomic mass is 10.1. The Balaban J connectivity index is 1.80. The van der Waals surface area contributed by atoms with Crippen molar-refractivity contribution in [2.75, 3.05) is 18.5 Å². The molecule has 0 atom stereocenters. The van der Waals surface area contributed by atoms with Crippen LogP contribution in [0.25, 0.3) is 5.65 Å². The molecule has 1 aliphatic carbocycles. The molecular formula is C14H20N4O. The SMILES string of the molecule is CCNc1cn2ccnc2c(OCC2CCCC2)n1.